The molecule has 0 N–H and O–H groups in total. The summed E-state index contributed by atoms with van der Waals surface area (Å²) in [4.78, 5) is 25.4. The Morgan fingerprint density at radius 3 is 2.52 bits per heavy atom. The van der Waals surface area contributed by atoms with E-state index < -0.39 is 5.97 Å². The first-order valence-electron chi connectivity index (χ1n) is 9.10. The number of rotatable bonds is 5. The number of aryl methyl sites for hydroxylation is 2. The van der Waals surface area contributed by atoms with Crippen molar-refractivity contribution in [2.75, 3.05) is 0 Å². The molecular formula is C22H24N2O3. The molecule has 1 aromatic heterocycles. The van der Waals surface area contributed by atoms with E-state index in [1.165, 1.54) is 4.68 Å². The third kappa shape index (κ3) is 4.08. The second-order valence-corrected chi connectivity index (χ2v) is 7.28. The third-order valence-electron chi connectivity index (χ3n) is 4.46. The second-order valence-electron chi connectivity index (χ2n) is 7.28. The molecule has 0 aliphatic heterocycles. The molecule has 140 valence electrons. The lowest BCUT2D eigenvalue weighted by Gasteiger charge is -2.13. The highest BCUT2D eigenvalue weighted by molar-refractivity contribution is 6.02. The van der Waals surface area contributed by atoms with Crippen molar-refractivity contribution in [3.8, 4) is 0 Å². The van der Waals surface area contributed by atoms with Crippen molar-refractivity contribution < 1.29 is 9.53 Å². The standard InChI is InChI=1S/C22H24N2O3/c1-14(2)12-24-21(25)19-8-6-5-7-18(19)20(23-24)22(26)27-13-17-11-15(3)9-10-16(17)4/h5-11,14H,12-13H2,1-4H3. The van der Waals surface area contributed by atoms with Gasteiger partial charge in [0, 0.05) is 11.9 Å². The molecule has 1 heterocycles. The molecule has 5 nitrogen and oxygen atoms in total. The third-order valence-corrected chi connectivity index (χ3v) is 4.46. The predicted octanol–water partition coefficient (Wildman–Crippen LogP) is 4.03. The van der Waals surface area contributed by atoms with Gasteiger partial charge in [-0.25, -0.2) is 9.48 Å². The lowest BCUT2D eigenvalue weighted by atomic mass is 10.1. The Kier molecular flexibility index (Phi) is 5.40. The number of carbonyl (C=O) groups excluding carboxylic acids is 1. The van der Waals surface area contributed by atoms with Gasteiger partial charge in [-0.15, -0.1) is 0 Å². The van der Waals surface area contributed by atoms with E-state index in [-0.39, 0.29) is 23.8 Å². The first-order valence-corrected chi connectivity index (χ1v) is 9.10. The molecule has 0 fully saturated rings. The van der Waals surface area contributed by atoms with Gasteiger partial charge in [0.05, 0.1) is 5.39 Å². The zero-order chi connectivity index (χ0) is 19.6. The average molecular weight is 364 g/mol. The first-order chi connectivity index (χ1) is 12.9. The maximum atomic E-state index is 12.8. The van der Waals surface area contributed by atoms with E-state index in [1.54, 1.807) is 24.3 Å². The van der Waals surface area contributed by atoms with E-state index in [2.05, 4.69) is 5.10 Å². The van der Waals surface area contributed by atoms with Crippen LogP contribution in [0.25, 0.3) is 10.8 Å². The Balaban J connectivity index is 1.97. The minimum atomic E-state index is -0.524. The van der Waals surface area contributed by atoms with Crippen molar-refractivity contribution in [2.45, 2.75) is 40.8 Å². The molecule has 0 spiro atoms. The molecule has 3 aromatic rings. The SMILES string of the molecule is Cc1ccc(C)c(COC(=O)c2nn(CC(C)C)c(=O)c3ccccc23)c1. The van der Waals surface area contributed by atoms with Crippen LogP contribution in [0.1, 0.15) is 41.0 Å². The summed E-state index contributed by atoms with van der Waals surface area (Å²) in [6.07, 6.45) is 0. The fourth-order valence-corrected chi connectivity index (χ4v) is 3.02. The van der Waals surface area contributed by atoms with Gasteiger partial charge in [0.25, 0.3) is 5.56 Å². The number of ether oxygens (including phenoxy) is 1. The van der Waals surface area contributed by atoms with Crippen molar-refractivity contribution in [1.82, 2.24) is 9.78 Å². The largest absolute Gasteiger partial charge is 0.456 e. The molecule has 0 bridgehead atoms. The molecule has 0 saturated carbocycles. The molecule has 27 heavy (non-hydrogen) atoms. The van der Waals surface area contributed by atoms with Crippen LogP contribution in [0.2, 0.25) is 0 Å². The average Bonchev–Trinajstić information content (AvgIpc) is 2.64. The molecule has 3 rings (SSSR count). The van der Waals surface area contributed by atoms with Gasteiger partial charge in [-0.3, -0.25) is 4.79 Å². The summed E-state index contributed by atoms with van der Waals surface area (Å²) in [6, 6.07) is 13.1. The molecule has 2 aromatic carbocycles. The van der Waals surface area contributed by atoms with Gasteiger partial charge in [0.2, 0.25) is 0 Å². The summed E-state index contributed by atoms with van der Waals surface area (Å²) in [5, 5.41) is 5.32. The second kappa shape index (κ2) is 7.74. The van der Waals surface area contributed by atoms with Gasteiger partial charge in [-0.1, -0.05) is 55.8 Å². The highest BCUT2D eigenvalue weighted by Crippen LogP contribution is 2.17. The minimum Gasteiger partial charge on any atom is -0.456 e. The Morgan fingerprint density at radius 2 is 1.81 bits per heavy atom. The molecule has 0 aliphatic carbocycles. The zero-order valence-corrected chi connectivity index (χ0v) is 16.2. The fraction of sp³-hybridized carbons (Fsp3) is 0.318. The molecule has 5 heteroatoms. The van der Waals surface area contributed by atoms with Gasteiger partial charge < -0.3 is 4.74 Å². The fourth-order valence-electron chi connectivity index (χ4n) is 3.02. The van der Waals surface area contributed by atoms with Crippen molar-refractivity contribution >= 4 is 16.7 Å². The van der Waals surface area contributed by atoms with Gasteiger partial charge in [-0.2, -0.15) is 5.10 Å². The Hall–Kier alpha value is -2.95. The summed E-state index contributed by atoms with van der Waals surface area (Å²) in [6.45, 7) is 8.61. The summed E-state index contributed by atoms with van der Waals surface area (Å²) < 4.78 is 6.90. The van der Waals surface area contributed by atoms with Crippen molar-refractivity contribution in [3.63, 3.8) is 0 Å². The zero-order valence-electron chi connectivity index (χ0n) is 16.2. The van der Waals surface area contributed by atoms with E-state index in [9.17, 15) is 9.59 Å². The lowest BCUT2D eigenvalue weighted by molar-refractivity contribution is 0.0464. The number of hydrogen-bond acceptors (Lipinski definition) is 4. The van der Waals surface area contributed by atoms with Crippen LogP contribution in [-0.2, 0) is 17.9 Å². The number of benzene rings is 2. The van der Waals surface area contributed by atoms with Gasteiger partial charge >= 0.3 is 5.97 Å². The summed E-state index contributed by atoms with van der Waals surface area (Å²) in [5.41, 5.74) is 3.13. The van der Waals surface area contributed by atoms with E-state index in [0.29, 0.717) is 17.3 Å². The predicted molar refractivity (Wildman–Crippen MR) is 106 cm³/mol. The monoisotopic (exact) mass is 364 g/mol. The van der Waals surface area contributed by atoms with E-state index in [1.807, 2.05) is 45.9 Å². The maximum Gasteiger partial charge on any atom is 0.359 e. The van der Waals surface area contributed by atoms with Crippen molar-refractivity contribution in [1.29, 1.82) is 0 Å². The van der Waals surface area contributed by atoms with Crippen LogP contribution in [0.3, 0.4) is 0 Å². The maximum absolute atomic E-state index is 12.8. The van der Waals surface area contributed by atoms with Crippen LogP contribution in [0.5, 0.6) is 0 Å². The number of esters is 1. The molecule has 0 radical (unpaired) electrons. The number of aromatic nitrogens is 2. The highest BCUT2D eigenvalue weighted by atomic mass is 16.5. The Morgan fingerprint density at radius 1 is 1.11 bits per heavy atom. The molecule has 0 atom stereocenters. The first kappa shape index (κ1) is 18.8. The smallest absolute Gasteiger partial charge is 0.359 e. The molecule has 0 amide bonds. The molecule has 0 aliphatic rings. The normalized spacial score (nSPS) is 11.1. The summed E-state index contributed by atoms with van der Waals surface area (Å²) in [5.74, 6) is -0.292. The topological polar surface area (TPSA) is 61.2 Å². The number of nitrogens with zero attached hydrogens (tertiary/aromatic N) is 2. The van der Waals surface area contributed by atoms with Crippen LogP contribution >= 0.6 is 0 Å². The van der Waals surface area contributed by atoms with Crippen LogP contribution in [0.15, 0.2) is 47.3 Å². The number of fused-ring (bicyclic) bond motifs is 1. The molecular weight excluding hydrogens is 340 g/mol. The van der Waals surface area contributed by atoms with E-state index in [0.717, 1.165) is 16.7 Å². The van der Waals surface area contributed by atoms with Crippen LogP contribution in [0, 0.1) is 19.8 Å². The summed E-state index contributed by atoms with van der Waals surface area (Å²) in [7, 11) is 0. The van der Waals surface area contributed by atoms with Crippen molar-refractivity contribution in [3.05, 3.63) is 75.2 Å². The minimum absolute atomic E-state index is 0.172. The van der Waals surface area contributed by atoms with Crippen LogP contribution in [-0.4, -0.2) is 15.7 Å². The Labute approximate surface area is 158 Å². The van der Waals surface area contributed by atoms with Gasteiger partial charge in [-0.05, 0) is 37.0 Å². The summed E-state index contributed by atoms with van der Waals surface area (Å²) >= 11 is 0. The quantitative estimate of drug-likeness (QED) is 0.642. The van der Waals surface area contributed by atoms with Crippen molar-refractivity contribution in [2.24, 2.45) is 5.92 Å². The Bertz CT molecular complexity index is 1050. The number of hydrogen-bond donors (Lipinski definition) is 0. The lowest BCUT2D eigenvalue weighted by Crippen LogP contribution is -2.28. The molecule has 0 saturated heterocycles. The highest BCUT2D eigenvalue weighted by Gasteiger charge is 2.18. The van der Waals surface area contributed by atoms with E-state index >= 15 is 0 Å². The van der Waals surface area contributed by atoms with Crippen LogP contribution < -0.4 is 5.56 Å². The van der Waals surface area contributed by atoms with Crippen LogP contribution in [0.4, 0.5) is 0 Å². The van der Waals surface area contributed by atoms with E-state index in [4.69, 9.17) is 4.74 Å². The molecule has 0 unspecified atom stereocenters. The van der Waals surface area contributed by atoms with Gasteiger partial charge in [0.15, 0.2) is 5.69 Å². The van der Waals surface area contributed by atoms with Gasteiger partial charge in [0.1, 0.15) is 6.61 Å². The number of carbonyl (C=O) groups is 1.